The van der Waals surface area contributed by atoms with Gasteiger partial charge in [0.1, 0.15) is 0 Å². The zero-order valence-corrected chi connectivity index (χ0v) is 11.8. The van der Waals surface area contributed by atoms with E-state index in [2.05, 4.69) is 15.7 Å². The van der Waals surface area contributed by atoms with Crippen molar-refractivity contribution in [3.05, 3.63) is 18.0 Å². The summed E-state index contributed by atoms with van der Waals surface area (Å²) in [7, 11) is 1.82. The van der Waals surface area contributed by atoms with Crippen molar-refractivity contribution < 1.29 is 18.0 Å². The van der Waals surface area contributed by atoms with Gasteiger partial charge >= 0.3 is 6.18 Å². The Balaban J connectivity index is 1.71. The fourth-order valence-electron chi connectivity index (χ4n) is 2.44. The van der Waals surface area contributed by atoms with Crippen molar-refractivity contribution in [1.29, 1.82) is 0 Å². The average Bonchev–Trinajstić information content (AvgIpc) is 2.83. The number of alkyl halides is 3. The molecule has 0 saturated carbocycles. The fraction of sp³-hybridized carbons (Fsp3) is 0.692. The second-order valence-electron chi connectivity index (χ2n) is 5.26. The Morgan fingerprint density at radius 2 is 2.29 bits per heavy atom. The Morgan fingerprint density at radius 3 is 2.81 bits per heavy atom. The summed E-state index contributed by atoms with van der Waals surface area (Å²) in [6, 6.07) is 1.33. The number of nitrogens with zero attached hydrogens (tertiary/aromatic N) is 2. The van der Waals surface area contributed by atoms with Crippen molar-refractivity contribution in [2.75, 3.05) is 13.1 Å². The largest absolute Gasteiger partial charge is 0.393 e. The standard InChI is InChI=1S/C13H19F3N4O/c1-20-10(5-7-19-20)4-6-17-12(21)11-3-2-9(8-18-11)13(14,15)16/h5,7,9,11,18H,2-4,6,8H2,1H3,(H,17,21). The van der Waals surface area contributed by atoms with Gasteiger partial charge in [-0.3, -0.25) is 9.48 Å². The summed E-state index contributed by atoms with van der Waals surface area (Å²) in [4.78, 5) is 11.9. The van der Waals surface area contributed by atoms with E-state index in [4.69, 9.17) is 0 Å². The Bertz CT molecular complexity index is 478. The maximum absolute atomic E-state index is 12.5. The molecule has 5 nitrogen and oxygen atoms in total. The molecule has 21 heavy (non-hydrogen) atoms. The number of carbonyl (C=O) groups is 1. The van der Waals surface area contributed by atoms with Gasteiger partial charge in [0, 0.05) is 38.4 Å². The minimum absolute atomic E-state index is 0.00365. The Morgan fingerprint density at radius 1 is 1.52 bits per heavy atom. The van der Waals surface area contributed by atoms with Crippen molar-refractivity contribution in [3.63, 3.8) is 0 Å². The lowest BCUT2D eigenvalue weighted by molar-refractivity contribution is -0.180. The first-order chi connectivity index (χ1) is 9.88. The van der Waals surface area contributed by atoms with Crippen molar-refractivity contribution in [1.82, 2.24) is 20.4 Å². The van der Waals surface area contributed by atoms with Gasteiger partial charge in [0.15, 0.2) is 0 Å². The first kappa shape index (κ1) is 15.8. The average molecular weight is 304 g/mol. The topological polar surface area (TPSA) is 59.0 Å². The summed E-state index contributed by atoms with van der Waals surface area (Å²) in [5.41, 5.74) is 0.990. The number of amides is 1. The van der Waals surface area contributed by atoms with Gasteiger partial charge in [0.25, 0.3) is 0 Å². The smallest absolute Gasteiger partial charge is 0.354 e. The van der Waals surface area contributed by atoms with Gasteiger partial charge < -0.3 is 10.6 Å². The summed E-state index contributed by atoms with van der Waals surface area (Å²) >= 11 is 0. The van der Waals surface area contributed by atoms with Crippen LogP contribution in [0.15, 0.2) is 12.3 Å². The Kier molecular flexibility index (Phi) is 4.87. The van der Waals surface area contributed by atoms with Crippen molar-refractivity contribution >= 4 is 5.91 Å². The predicted octanol–water partition coefficient (Wildman–Crippen LogP) is 1.01. The zero-order valence-electron chi connectivity index (χ0n) is 11.8. The molecule has 2 rings (SSSR count). The molecule has 0 aromatic carbocycles. The predicted molar refractivity (Wildman–Crippen MR) is 70.5 cm³/mol. The van der Waals surface area contributed by atoms with Crippen LogP contribution >= 0.6 is 0 Å². The summed E-state index contributed by atoms with van der Waals surface area (Å²) in [5, 5.41) is 9.45. The highest BCUT2D eigenvalue weighted by molar-refractivity contribution is 5.81. The molecule has 8 heteroatoms. The number of piperidine rings is 1. The van der Waals surface area contributed by atoms with Crippen LogP contribution in [0.4, 0.5) is 13.2 Å². The lowest BCUT2D eigenvalue weighted by Gasteiger charge is -2.30. The molecule has 1 aliphatic heterocycles. The van der Waals surface area contributed by atoms with Crippen LogP contribution in [0.2, 0.25) is 0 Å². The summed E-state index contributed by atoms with van der Waals surface area (Å²) < 4.78 is 39.3. The molecule has 2 heterocycles. The fourth-order valence-corrected chi connectivity index (χ4v) is 2.44. The third-order valence-corrected chi connectivity index (χ3v) is 3.80. The first-order valence-corrected chi connectivity index (χ1v) is 6.92. The molecule has 1 fully saturated rings. The van der Waals surface area contributed by atoms with Crippen molar-refractivity contribution in [3.8, 4) is 0 Å². The van der Waals surface area contributed by atoms with Gasteiger partial charge in [-0.15, -0.1) is 0 Å². The highest BCUT2D eigenvalue weighted by atomic mass is 19.4. The maximum Gasteiger partial charge on any atom is 0.393 e. The summed E-state index contributed by atoms with van der Waals surface area (Å²) in [6.07, 6.45) is -1.66. The second kappa shape index (κ2) is 6.46. The van der Waals surface area contributed by atoms with E-state index < -0.39 is 18.1 Å². The maximum atomic E-state index is 12.5. The molecule has 0 spiro atoms. The number of carbonyl (C=O) groups excluding carboxylic acids is 1. The quantitative estimate of drug-likeness (QED) is 0.873. The number of nitrogens with one attached hydrogen (secondary N) is 2. The van der Waals surface area contributed by atoms with E-state index in [0.717, 1.165) is 5.69 Å². The molecule has 1 amide bonds. The molecule has 2 unspecified atom stereocenters. The van der Waals surface area contributed by atoms with Crippen LogP contribution in [0.3, 0.4) is 0 Å². The molecule has 1 aliphatic rings. The number of rotatable bonds is 4. The normalized spacial score (nSPS) is 23.0. The SMILES string of the molecule is Cn1nccc1CCNC(=O)C1CCC(C(F)(F)F)CN1. The monoisotopic (exact) mass is 304 g/mol. The van der Waals surface area contributed by atoms with Gasteiger partial charge in [0.05, 0.1) is 12.0 Å². The second-order valence-corrected chi connectivity index (χ2v) is 5.26. The van der Waals surface area contributed by atoms with Gasteiger partial charge in [-0.2, -0.15) is 18.3 Å². The lowest BCUT2D eigenvalue weighted by Crippen LogP contribution is -2.51. The molecular weight excluding hydrogens is 285 g/mol. The van der Waals surface area contributed by atoms with E-state index >= 15 is 0 Å². The van der Waals surface area contributed by atoms with Crippen LogP contribution in [-0.4, -0.2) is 41.0 Å². The molecule has 0 bridgehead atoms. The van der Waals surface area contributed by atoms with Crippen LogP contribution in [-0.2, 0) is 18.3 Å². The molecule has 1 saturated heterocycles. The minimum Gasteiger partial charge on any atom is -0.354 e. The molecular formula is C13H19F3N4O. The van der Waals surface area contributed by atoms with Gasteiger partial charge in [-0.05, 0) is 18.9 Å². The molecule has 0 radical (unpaired) electrons. The Labute approximate surface area is 120 Å². The zero-order chi connectivity index (χ0) is 15.5. The Hall–Kier alpha value is -1.57. The van der Waals surface area contributed by atoms with E-state index in [9.17, 15) is 18.0 Å². The number of halogens is 3. The highest BCUT2D eigenvalue weighted by Crippen LogP contribution is 2.31. The van der Waals surface area contributed by atoms with E-state index in [0.29, 0.717) is 13.0 Å². The molecule has 1 aromatic heterocycles. The van der Waals surface area contributed by atoms with E-state index in [1.54, 1.807) is 10.9 Å². The molecule has 0 aliphatic carbocycles. The number of aryl methyl sites for hydroxylation is 1. The highest BCUT2D eigenvalue weighted by Gasteiger charge is 2.42. The third kappa shape index (κ3) is 4.20. The third-order valence-electron chi connectivity index (χ3n) is 3.80. The molecule has 2 N–H and O–H groups in total. The van der Waals surface area contributed by atoms with Gasteiger partial charge in [-0.1, -0.05) is 0 Å². The van der Waals surface area contributed by atoms with Gasteiger partial charge in [-0.25, -0.2) is 0 Å². The van der Waals surface area contributed by atoms with Crippen LogP contribution in [0, 0.1) is 5.92 Å². The van der Waals surface area contributed by atoms with Crippen LogP contribution in [0.5, 0.6) is 0 Å². The first-order valence-electron chi connectivity index (χ1n) is 6.92. The van der Waals surface area contributed by atoms with Crippen molar-refractivity contribution in [2.24, 2.45) is 13.0 Å². The number of hydrogen-bond acceptors (Lipinski definition) is 3. The van der Waals surface area contributed by atoms with Crippen LogP contribution < -0.4 is 10.6 Å². The summed E-state index contributed by atoms with van der Waals surface area (Å²) in [5.74, 6) is -1.59. The molecule has 2 atom stereocenters. The molecule has 118 valence electrons. The van der Waals surface area contributed by atoms with Gasteiger partial charge in [0.2, 0.25) is 5.91 Å². The van der Waals surface area contributed by atoms with Crippen LogP contribution in [0.25, 0.3) is 0 Å². The lowest BCUT2D eigenvalue weighted by atomic mass is 9.94. The number of aromatic nitrogens is 2. The van der Waals surface area contributed by atoms with E-state index in [1.807, 2.05) is 13.1 Å². The van der Waals surface area contributed by atoms with Crippen molar-refractivity contribution in [2.45, 2.75) is 31.5 Å². The summed E-state index contributed by atoms with van der Waals surface area (Å²) in [6.45, 7) is 0.253. The van der Waals surface area contributed by atoms with E-state index in [-0.39, 0.29) is 25.3 Å². The number of hydrogen-bond donors (Lipinski definition) is 2. The van der Waals surface area contributed by atoms with Crippen LogP contribution in [0.1, 0.15) is 18.5 Å². The van der Waals surface area contributed by atoms with E-state index in [1.165, 1.54) is 0 Å². The minimum atomic E-state index is -4.19. The molecule has 1 aromatic rings.